The Kier molecular flexibility index (Phi) is 4.97. The van der Waals surface area contributed by atoms with E-state index in [4.69, 9.17) is 12.2 Å². The van der Waals surface area contributed by atoms with Gasteiger partial charge in [-0.05, 0) is 18.2 Å². The van der Waals surface area contributed by atoms with Gasteiger partial charge in [-0.25, -0.2) is 0 Å². The smallest absolute Gasteiger partial charge is 0.324 e. The van der Waals surface area contributed by atoms with E-state index in [2.05, 4.69) is 27.2 Å². The van der Waals surface area contributed by atoms with E-state index in [1.807, 2.05) is 0 Å². The number of rotatable bonds is 3. The lowest BCUT2D eigenvalue weighted by Gasteiger charge is -2.15. The quantitative estimate of drug-likeness (QED) is 0.835. The lowest BCUT2D eigenvalue weighted by molar-refractivity contribution is -0.137. The van der Waals surface area contributed by atoms with Gasteiger partial charge >= 0.3 is 6.18 Å². The first-order chi connectivity index (χ1) is 8.75. The van der Waals surface area contributed by atoms with Crippen LogP contribution in [0.3, 0.4) is 0 Å². The summed E-state index contributed by atoms with van der Waals surface area (Å²) < 4.78 is 38.6. The lowest BCUT2D eigenvalue weighted by Crippen LogP contribution is -2.35. The average molecular weight is 335 g/mol. The summed E-state index contributed by atoms with van der Waals surface area (Å²) in [6.07, 6.45) is 0.351. The molecule has 102 valence electrons. The molecule has 3 N–H and O–H groups in total. The summed E-state index contributed by atoms with van der Waals surface area (Å²) in [6, 6.07) is 2.36. The second-order valence-corrected chi connectivity index (χ2v) is 4.61. The number of carbonyl (C=O) groups is 1. The van der Waals surface area contributed by atoms with Crippen molar-refractivity contribution in [3.05, 3.63) is 28.2 Å². The minimum atomic E-state index is -4.58. The van der Waals surface area contributed by atoms with E-state index in [9.17, 15) is 18.0 Å². The van der Waals surface area contributed by atoms with Gasteiger partial charge in [-0.15, -0.1) is 12.3 Å². The summed E-state index contributed by atoms with van der Waals surface area (Å²) in [5, 5.41) is 2.13. The van der Waals surface area contributed by atoms with Gasteiger partial charge in [0.05, 0.1) is 17.3 Å². The van der Waals surface area contributed by atoms with Gasteiger partial charge in [-0.3, -0.25) is 4.79 Å². The van der Waals surface area contributed by atoms with Crippen LogP contribution in [0, 0.1) is 12.3 Å². The maximum atomic E-state index is 12.8. The summed E-state index contributed by atoms with van der Waals surface area (Å²) in [5.41, 5.74) is 4.11. The SMILES string of the molecule is C#CCC(N)C(=O)Nc1ccc(Br)cc1C(F)(F)F. The molecule has 1 amide bonds. The molecule has 19 heavy (non-hydrogen) atoms. The van der Waals surface area contributed by atoms with Crippen LogP contribution in [0.4, 0.5) is 18.9 Å². The van der Waals surface area contributed by atoms with Crippen molar-refractivity contribution in [3.63, 3.8) is 0 Å². The Morgan fingerprint density at radius 1 is 1.53 bits per heavy atom. The molecule has 0 aliphatic heterocycles. The third-order valence-corrected chi connectivity index (χ3v) is 2.71. The molecule has 1 aromatic rings. The van der Waals surface area contributed by atoms with Gasteiger partial charge in [0.15, 0.2) is 0 Å². The first-order valence-corrected chi connectivity index (χ1v) is 5.91. The fourth-order valence-electron chi connectivity index (χ4n) is 1.31. The Hall–Kier alpha value is -1.52. The molecule has 0 aliphatic rings. The minimum Gasteiger partial charge on any atom is -0.324 e. The molecule has 0 spiro atoms. The monoisotopic (exact) mass is 334 g/mol. The molecule has 3 nitrogen and oxygen atoms in total. The highest BCUT2D eigenvalue weighted by Gasteiger charge is 2.34. The van der Waals surface area contributed by atoms with Gasteiger partial charge in [0.1, 0.15) is 0 Å². The number of amides is 1. The molecule has 0 aromatic heterocycles. The number of hydrogen-bond acceptors (Lipinski definition) is 2. The molecule has 1 atom stereocenters. The van der Waals surface area contributed by atoms with Crippen molar-refractivity contribution in [2.24, 2.45) is 5.73 Å². The number of carbonyl (C=O) groups excluding carboxylic acids is 1. The van der Waals surface area contributed by atoms with Crippen LogP contribution < -0.4 is 11.1 Å². The molecular weight excluding hydrogens is 325 g/mol. The Balaban J connectivity index is 3.02. The summed E-state index contributed by atoms with van der Waals surface area (Å²) >= 11 is 2.94. The van der Waals surface area contributed by atoms with Gasteiger partial charge in [-0.2, -0.15) is 13.2 Å². The zero-order valence-electron chi connectivity index (χ0n) is 9.59. The number of nitrogens with one attached hydrogen (secondary N) is 1. The third-order valence-electron chi connectivity index (χ3n) is 2.22. The van der Waals surface area contributed by atoms with Crippen molar-refractivity contribution in [3.8, 4) is 12.3 Å². The van der Waals surface area contributed by atoms with Gasteiger partial charge in [0, 0.05) is 10.9 Å². The second-order valence-electron chi connectivity index (χ2n) is 3.69. The van der Waals surface area contributed by atoms with Crippen molar-refractivity contribution in [2.75, 3.05) is 5.32 Å². The molecule has 0 fully saturated rings. The first-order valence-electron chi connectivity index (χ1n) is 5.12. The normalized spacial score (nSPS) is 12.6. The van der Waals surface area contributed by atoms with Crippen LogP contribution >= 0.6 is 15.9 Å². The zero-order valence-corrected chi connectivity index (χ0v) is 11.2. The summed E-state index contributed by atoms with van der Waals surface area (Å²) in [7, 11) is 0. The zero-order chi connectivity index (χ0) is 14.6. The molecule has 1 rings (SSSR count). The van der Waals surface area contributed by atoms with Crippen molar-refractivity contribution in [2.45, 2.75) is 18.6 Å². The number of alkyl halides is 3. The minimum absolute atomic E-state index is 0.0519. The van der Waals surface area contributed by atoms with Crippen LogP contribution in [0.1, 0.15) is 12.0 Å². The number of benzene rings is 1. The molecule has 0 saturated heterocycles. The first kappa shape index (κ1) is 15.5. The standard InChI is InChI=1S/C12H10BrF3N2O/c1-2-3-9(17)11(19)18-10-5-4-7(13)6-8(10)12(14,15)16/h1,4-6,9H,3,17H2,(H,18,19). The third kappa shape index (κ3) is 4.26. The van der Waals surface area contributed by atoms with E-state index in [0.717, 1.165) is 12.1 Å². The van der Waals surface area contributed by atoms with Crippen molar-refractivity contribution >= 4 is 27.5 Å². The van der Waals surface area contributed by atoms with Gasteiger partial charge in [0.25, 0.3) is 0 Å². The predicted molar refractivity (Wildman–Crippen MR) is 69.2 cm³/mol. The Labute approximate surface area is 116 Å². The number of nitrogens with two attached hydrogens (primary N) is 1. The highest BCUT2D eigenvalue weighted by Crippen LogP contribution is 2.36. The van der Waals surface area contributed by atoms with Gasteiger partial charge < -0.3 is 11.1 Å². The number of hydrogen-bond donors (Lipinski definition) is 2. The van der Waals surface area contributed by atoms with E-state index < -0.39 is 23.7 Å². The highest BCUT2D eigenvalue weighted by atomic mass is 79.9. The number of anilines is 1. The number of terminal acetylenes is 1. The Morgan fingerprint density at radius 2 is 2.16 bits per heavy atom. The molecule has 7 heteroatoms. The Morgan fingerprint density at radius 3 is 2.68 bits per heavy atom. The molecule has 0 heterocycles. The van der Waals surface area contributed by atoms with Crippen LogP contribution in [-0.4, -0.2) is 11.9 Å². The van der Waals surface area contributed by atoms with Crippen molar-refractivity contribution in [1.29, 1.82) is 0 Å². The maximum absolute atomic E-state index is 12.8. The molecule has 1 aromatic carbocycles. The van der Waals surface area contributed by atoms with Gasteiger partial charge in [-0.1, -0.05) is 15.9 Å². The van der Waals surface area contributed by atoms with Crippen LogP contribution in [0.2, 0.25) is 0 Å². The molecule has 1 unspecified atom stereocenters. The predicted octanol–water partition coefficient (Wildman–Crippen LogP) is 2.76. The summed E-state index contributed by atoms with van der Waals surface area (Å²) in [4.78, 5) is 11.6. The second kappa shape index (κ2) is 6.08. The van der Waals surface area contributed by atoms with Crippen molar-refractivity contribution < 1.29 is 18.0 Å². The molecular formula is C12H10BrF3N2O. The summed E-state index contributed by atoms with van der Waals surface area (Å²) in [5.74, 6) is 1.41. The van der Waals surface area contributed by atoms with E-state index in [-0.39, 0.29) is 16.6 Å². The molecule has 0 bridgehead atoms. The van der Waals surface area contributed by atoms with Crippen LogP contribution in [0.5, 0.6) is 0 Å². The highest BCUT2D eigenvalue weighted by molar-refractivity contribution is 9.10. The molecule has 0 saturated carbocycles. The van der Waals surface area contributed by atoms with E-state index in [0.29, 0.717) is 0 Å². The molecule has 0 aliphatic carbocycles. The fourth-order valence-corrected chi connectivity index (χ4v) is 1.67. The maximum Gasteiger partial charge on any atom is 0.418 e. The molecule has 0 radical (unpaired) electrons. The Bertz CT molecular complexity index is 523. The largest absolute Gasteiger partial charge is 0.418 e. The average Bonchev–Trinajstić information content (AvgIpc) is 2.30. The van der Waals surface area contributed by atoms with Crippen molar-refractivity contribution in [1.82, 2.24) is 0 Å². The van der Waals surface area contributed by atoms with Crippen LogP contribution in [-0.2, 0) is 11.0 Å². The summed E-state index contributed by atoms with van der Waals surface area (Å²) in [6.45, 7) is 0. The lowest BCUT2D eigenvalue weighted by atomic mass is 10.1. The van der Waals surface area contributed by atoms with E-state index >= 15 is 0 Å². The van der Waals surface area contributed by atoms with Crippen LogP contribution in [0.15, 0.2) is 22.7 Å². The van der Waals surface area contributed by atoms with E-state index in [1.165, 1.54) is 6.07 Å². The fraction of sp³-hybridized carbons (Fsp3) is 0.250. The van der Waals surface area contributed by atoms with Gasteiger partial charge in [0.2, 0.25) is 5.91 Å². The number of halogens is 4. The topological polar surface area (TPSA) is 55.1 Å². The van der Waals surface area contributed by atoms with Crippen LogP contribution in [0.25, 0.3) is 0 Å². The van der Waals surface area contributed by atoms with E-state index in [1.54, 1.807) is 0 Å².